The van der Waals surface area contributed by atoms with Gasteiger partial charge in [-0.05, 0) is 31.0 Å². The van der Waals surface area contributed by atoms with Gasteiger partial charge in [0.15, 0.2) is 0 Å². The number of nitrogens with two attached hydrogens (primary N) is 1. The number of halogens is 1. The molecule has 0 spiro atoms. The van der Waals surface area contributed by atoms with Crippen molar-refractivity contribution in [3.63, 3.8) is 0 Å². The lowest BCUT2D eigenvalue weighted by Crippen LogP contribution is -2.32. The van der Waals surface area contributed by atoms with Gasteiger partial charge in [0.05, 0.1) is 0 Å². The molecule has 0 radical (unpaired) electrons. The summed E-state index contributed by atoms with van der Waals surface area (Å²) in [6, 6.07) is 4.78. The van der Waals surface area contributed by atoms with Crippen LogP contribution in [-0.2, 0) is 0 Å². The van der Waals surface area contributed by atoms with Crippen LogP contribution in [0.2, 0.25) is 0 Å². The monoisotopic (exact) mass is 237 g/mol. The van der Waals surface area contributed by atoms with E-state index in [0.29, 0.717) is 11.6 Å². The molecule has 0 fully saturated rings. The smallest absolute Gasteiger partial charge is 0.125 e. The number of amidine groups is 1. The summed E-state index contributed by atoms with van der Waals surface area (Å²) in [5, 5.41) is 7.51. The van der Waals surface area contributed by atoms with Gasteiger partial charge in [-0.1, -0.05) is 13.8 Å². The second kappa shape index (κ2) is 5.66. The van der Waals surface area contributed by atoms with Gasteiger partial charge in [0.2, 0.25) is 0 Å². The molecule has 3 N–H and O–H groups in total. The Hall–Kier alpha value is -1.58. The van der Waals surface area contributed by atoms with Gasteiger partial charge in [-0.25, -0.2) is 4.39 Å². The first kappa shape index (κ1) is 13.5. The van der Waals surface area contributed by atoms with E-state index in [4.69, 9.17) is 11.1 Å². The third kappa shape index (κ3) is 2.96. The zero-order valence-corrected chi connectivity index (χ0v) is 10.6. The lowest BCUT2D eigenvalue weighted by Gasteiger charge is -2.30. The van der Waals surface area contributed by atoms with Gasteiger partial charge in [0.1, 0.15) is 11.7 Å². The molecule has 3 nitrogen and oxygen atoms in total. The summed E-state index contributed by atoms with van der Waals surface area (Å²) in [5.74, 6) is -0.464. The molecule has 4 heteroatoms. The molecule has 94 valence electrons. The average Bonchev–Trinajstić information content (AvgIpc) is 2.30. The molecule has 1 aromatic rings. The van der Waals surface area contributed by atoms with Crippen LogP contribution in [0.5, 0.6) is 0 Å². The van der Waals surface area contributed by atoms with Crippen molar-refractivity contribution in [1.29, 1.82) is 5.41 Å². The first-order chi connectivity index (χ1) is 8.01. The second-order valence-corrected chi connectivity index (χ2v) is 4.16. The molecule has 0 atom stereocenters. The minimum atomic E-state index is -0.364. The minimum absolute atomic E-state index is 0.0997. The highest BCUT2D eigenvalue weighted by atomic mass is 19.1. The van der Waals surface area contributed by atoms with Crippen molar-refractivity contribution >= 4 is 11.5 Å². The van der Waals surface area contributed by atoms with Crippen molar-refractivity contribution in [3.05, 3.63) is 29.6 Å². The predicted molar refractivity (Wildman–Crippen MR) is 70.2 cm³/mol. The molecular formula is C13H20FN3. The number of nitrogen functional groups attached to an aromatic ring is 1. The van der Waals surface area contributed by atoms with Crippen molar-refractivity contribution in [2.45, 2.75) is 32.7 Å². The summed E-state index contributed by atoms with van der Waals surface area (Å²) in [7, 11) is 1.96. The third-order valence-corrected chi connectivity index (χ3v) is 3.12. The van der Waals surface area contributed by atoms with Gasteiger partial charge >= 0.3 is 0 Å². The SMILES string of the molecule is CCC(CC)N(C)c1ccc(F)cc1C(=N)N. The average molecular weight is 237 g/mol. The molecule has 17 heavy (non-hydrogen) atoms. The summed E-state index contributed by atoms with van der Waals surface area (Å²) < 4.78 is 13.2. The summed E-state index contributed by atoms with van der Waals surface area (Å²) in [5.41, 5.74) is 6.76. The number of hydrogen-bond acceptors (Lipinski definition) is 2. The van der Waals surface area contributed by atoms with Crippen molar-refractivity contribution < 1.29 is 4.39 Å². The number of rotatable bonds is 5. The van der Waals surface area contributed by atoms with E-state index in [-0.39, 0.29) is 11.7 Å². The molecule has 0 bridgehead atoms. The number of nitrogens with zero attached hydrogens (tertiary/aromatic N) is 1. The summed E-state index contributed by atoms with van der Waals surface area (Å²) in [6.45, 7) is 4.23. The van der Waals surface area contributed by atoms with E-state index < -0.39 is 0 Å². The van der Waals surface area contributed by atoms with Crippen molar-refractivity contribution in [2.24, 2.45) is 5.73 Å². The van der Waals surface area contributed by atoms with Crippen LogP contribution in [0.15, 0.2) is 18.2 Å². The normalized spacial score (nSPS) is 10.6. The van der Waals surface area contributed by atoms with Crippen LogP contribution in [-0.4, -0.2) is 18.9 Å². The topological polar surface area (TPSA) is 53.1 Å². The third-order valence-electron chi connectivity index (χ3n) is 3.12. The Kier molecular flexibility index (Phi) is 4.49. The fraction of sp³-hybridized carbons (Fsp3) is 0.462. The summed E-state index contributed by atoms with van der Waals surface area (Å²) in [4.78, 5) is 2.07. The van der Waals surface area contributed by atoms with Crippen LogP contribution >= 0.6 is 0 Å². The van der Waals surface area contributed by atoms with Crippen molar-refractivity contribution in [2.75, 3.05) is 11.9 Å². The van der Waals surface area contributed by atoms with E-state index in [1.807, 2.05) is 7.05 Å². The molecule has 1 rings (SSSR count). The van der Waals surface area contributed by atoms with Gasteiger partial charge in [0.25, 0.3) is 0 Å². The predicted octanol–water partition coefficient (Wildman–Crippen LogP) is 2.73. The molecule has 0 heterocycles. The number of hydrogen-bond donors (Lipinski definition) is 2. The van der Waals surface area contributed by atoms with Gasteiger partial charge in [-0.2, -0.15) is 0 Å². The van der Waals surface area contributed by atoms with Gasteiger partial charge in [-0.3, -0.25) is 5.41 Å². The Balaban J connectivity index is 3.16. The second-order valence-electron chi connectivity index (χ2n) is 4.16. The number of nitrogens with one attached hydrogen (secondary N) is 1. The minimum Gasteiger partial charge on any atom is -0.384 e. The molecule has 0 aliphatic rings. The van der Waals surface area contributed by atoms with Crippen LogP contribution in [0.3, 0.4) is 0 Å². The van der Waals surface area contributed by atoms with Crippen LogP contribution in [0.1, 0.15) is 32.3 Å². The highest BCUT2D eigenvalue weighted by Crippen LogP contribution is 2.24. The number of benzene rings is 1. The van der Waals surface area contributed by atoms with E-state index in [1.165, 1.54) is 12.1 Å². The van der Waals surface area contributed by atoms with E-state index in [1.54, 1.807) is 6.07 Å². The van der Waals surface area contributed by atoms with E-state index in [0.717, 1.165) is 18.5 Å². The van der Waals surface area contributed by atoms with E-state index in [2.05, 4.69) is 18.7 Å². The maximum atomic E-state index is 13.2. The Labute approximate surface area is 102 Å². The quantitative estimate of drug-likeness (QED) is 0.611. The van der Waals surface area contributed by atoms with Gasteiger partial charge in [0, 0.05) is 24.3 Å². The molecule has 0 aliphatic carbocycles. The van der Waals surface area contributed by atoms with Crippen LogP contribution in [0, 0.1) is 11.2 Å². The Morgan fingerprint density at radius 3 is 2.47 bits per heavy atom. The zero-order valence-electron chi connectivity index (χ0n) is 10.6. The molecule has 0 unspecified atom stereocenters. The molecule has 0 saturated heterocycles. The maximum Gasteiger partial charge on any atom is 0.125 e. The zero-order chi connectivity index (χ0) is 13.0. The number of anilines is 1. The van der Waals surface area contributed by atoms with Crippen molar-refractivity contribution in [3.8, 4) is 0 Å². The molecule has 0 aromatic heterocycles. The summed E-state index contributed by atoms with van der Waals surface area (Å²) in [6.07, 6.45) is 2.00. The Morgan fingerprint density at radius 2 is 2.00 bits per heavy atom. The molecule has 1 aromatic carbocycles. The van der Waals surface area contributed by atoms with Gasteiger partial charge in [-0.15, -0.1) is 0 Å². The first-order valence-corrected chi connectivity index (χ1v) is 5.88. The maximum absolute atomic E-state index is 13.2. The van der Waals surface area contributed by atoms with Crippen LogP contribution in [0.4, 0.5) is 10.1 Å². The molecular weight excluding hydrogens is 217 g/mol. The fourth-order valence-electron chi connectivity index (χ4n) is 2.06. The van der Waals surface area contributed by atoms with Crippen LogP contribution in [0.25, 0.3) is 0 Å². The van der Waals surface area contributed by atoms with Crippen LogP contribution < -0.4 is 10.6 Å². The highest BCUT2D eigenvalue weighted by Gasteiger charge is 2.16. The molecule has 0 saturated carbocycles. The largest absolute Gasteiger partial charge is 0.384 e. The molecule has 0 aliphatic heterocycles. The van der Waals surface area contributed by atoms with E-state index in [9.17, 15) is 4.39 Å². The Morgan fingerprint density at radius 1 is 1.41 bits per heavy atom. The fourth-order valence-corrected chi connectivity index (χ4v) is 2.06. The highest BCUT2D eigenvalue weighted by molar-refractivity contribution is 6.00. The lowest BCUT2D eigenvalue weighted by molar-refractivity contribution is 0.589. The van der Waals surface area contributed by atoms with E-state index >= 15 is 0 Å². The summed E-state index contributed by atoms with van der Waals surface area (Å²) >= 11 is 0. The van der Waals surface area contributed by atoms with Gasteiger partial charge < -0.3 is 10.6 Å². The van der Waals surface area contributed by atoms with Crippen molar-refractivity contribution in [1.82, 2.24) is 0 Å². The lowest BCUT2D eigenvalue weighted by atomic mass is 10.1. The standard InChI is InChI=1S/C13H20FN3/c1-4-10(5-2)17(3)12-7-6-9(14)8-11(12)13(15)16/h6-8,10H,4-5H2,1-3H3,(H3,15,16). The molecule has 0 amide bonds. The first-order valence-electron chi connectivity index (χ1n) is 5.88. The Bertz CT molecular complexity index is 400.